The van der Waals surface area contributed by atoms with E-state index < -0.39 is 28.2 Å². The molecule has 0 N–H and O–H groups in total. The van der Waals surface area contributed by atoms with Crippen molar-refractivity contribution in [3.8, 4) is 11.1 Å². The topological polar surface area (TPSA) is 114 Å². The Hall–Kier alpha value is -2.09. The summed E-state index contributed by atoms with van der Waals surface area (Å²) < 4.78 is 71.5. The molecule has 0 saturated heterocycles. The summed E-state index contributed by atoms with van der Waals surface area (Å²) in [6.45, 7) is 0. The molecule has 2 saturated carbocycles. The highest BCUT2D eigenvalue weighted by Crippen LogP contribution is 2.75. The first-order chi connectivity index (χ1) is 20.6. The maximum Gasteiger partial charge on any atom is 0.124 e. The molecule has 230 valence electrons. The lowest BCUT2D eigenvalue weighted by atomic mass is 9.89. The maximum absolute atomic E-state index is 12.4. The van der Waals surface area contributed by atoms with E-state index in [4.69, 9.17) is 0 Å². The van der Waals surface area contributed by atoms with Gasteiger partial charge in [-0.25, -0.2) is 16.8 Å². The molecule has 3 aromatic rings. The zero-order valence-electron chi connectivity index (χ0n) is 24.4. The van der Waals surface area contributed by atoms with E-state index in [9.17, 15) is 25.9 Å². The number of rotatable bonds is 9. The molecule has 0 radical (unpaired) electrons. The minimum Gasteiger partial charge on any atom is -0.744 e. The Bertz CT molecular complexity index is 1660. The van der Waals surface area contributed by atoms with Crippen LogP contribution in [0.1, 0.15) is 93.7 Å². The van der Waals surface area contributed by atoms with Crippen LogP contribution in [0.5, 0.6) is 0 Å². The first-order valence-corrected chi connectivity index (χ1v) is 19.9. The third-order valence-corrected chi connectivity index (χ3v) is 15.9. The molecule has 2 fully saturated rings. The summed E-state index contributed by atoms with van der Waals surface area (Å²) in [7, 11) is -9.76. The van der Waals surface area contributed by atoms with E-state index in [2.05, 4.69) is 18.2 Å². The molecule has 1 unspecified atom stereocenters. The Morgan fingerprint density at radius 2 is 1.19 bits per heavy atom. The van der Waals surface area contributed by atoms with Gasteiger partial charge in [0.1, 0.15) is 20.2 Å². The van der Waals surface area contributed by atoms with Crippen LogP contribution in [0.25, 0.3) is 11.1 Å². The fraction of sp³-hybridized carbons (Fsp3) is 0.471. The average molecular weight is 639 g/mol. The zero-order chi connectivity index (χ0) is 30.2. The van der Waals surface area contributed by atoms with E-state index >= 15 is 0 Å². The van der Waals surface area contributed by atoms with E-state index in [-0.39, 0.29) is 14.9 Å². The summed E-state index contributed by atoms with van der Waals surface area (Å²) in [6.07, 6.45) is 14.6. The molecular weight excluding hydrogens is 599 g/mol. The average Bonchev–Trinajstić information content (AvgIpc) is 3.27. The minimum absolute atomic E-state index is 0.153. The number of aryl methyl sites for hydroxylation is 1. The van der Waals surface area contributed by atoms with E-state index in [1.54, 1.807) is 18.2 Å². The SMILES string of the molecule is O=S(=O)([O-])c1ccc(CCCC2(P(C3CCCCC3)C3CCCCC3)c3ccccc3-c3ccc(S(=O)(=O)[O-])cc32)cc1. The Balaban J connectivity index is 1.49. The predicted molar refractivity (Wildman–Crippen MR) is 169 cm³/mol. The number of hydrogen-bond acceptors (Lipinski definition) is 6. The van der Waals surface area contributed by atoms with Gasteiger partial charge in [-0.2, -0.15) is 0 Å². The molecule has 9 heteroatoms. The van der Waals surface area contributed by atoms with Gasteiger partial charge >= 0.3 is 0 Å². The van der Waals surface area contributed by atoms with Gasteiger partial charge in [0.15, 0.2) is 0 Å². The Morgan fingerprint density at radius 3 is 1.77 bits per heavy atom. The van der Waals surface area contributed by atoms with Crippen molar-refractivity contribution in [2.75, 3.05) is 0 Å². The van der Waals surface area contributed by atoms with Crippen molar-refractivity contribution < 1.29 is 25.9 Å². The lowest BCUT2D eigenvalue weighted by Gasteiger charge is -2.50. The van der Waals surface area contributed by atoms with Crippen molar-refractivity contribution >= 4 is 28.2 Å². The smallest absolute Gasteiger partial charge is 0.124 e. The van der Waals surface area contributed by atoms with Gasteiger partial charge in [0.25, 0.3) is 0 Å². The molecule has 3 aliphatic rings. The molecule has 6 rings (SSSR count). The Morgan fingerprint density at radius 1 is 0.651 bits per heavy atom. The standard InChI is InChI=1S/C34H41O6PS2/c35-42(36,37)28-19-17-25(18-20-28)10-9-23-34(41(26-11-3-1-4-12-26)27-13-5-2-6-14-27)32-16-8-7-15-30(32)31-22-21-29(24-33(31)34)43(38,39)40/h7-8,15-22,24,26-27H,1-6,9-14,23H2,(H,35,36,37)(H,38,39,40)/p-2. The van der Waals surface area contributed by atoms with Crippen molar-refractivity contribution in [1.29, 1.82) is 0 Å². The second-order valence-electron chi connectivity index (χ2n) is 12.5. The van der Waals surface area contributed by atoms with E-state index in [0.717, 1.165) is 35.1 Å². The van der Waals surface area contributed by atoms with Crippen LogP contribution < -0.4 is 0 Å². The van der Waals surface area contributed by atoms with Crippen LogP contribution in [0, 0.1) is 0 Å². The molecular formula is C34H39O6PS2-2. The van der Waals surface area contributed by atoms with Crippen molar-refractivity contribution in [3.05, 3.63) is 83.4 Å². The third kappa shape index (κ3) is 6.11. The summed E-state index contributed by atoms with van der Waals surface area (Å²) in [4.78, 5) is -0.379. The number of benzene rings is 3. The van der Waals surface area contributed by atoms with Gasteiger partial charge in [0.05, 0.1) is 9.79 Å². The van der Waals surface area contributed by atoms with Crippen molar-refractivity contribution in [3.63, 3.8) is 0 Å². The van der Waals surface area contributed by atoms with E-state index in [0.29, 0.717) is 17.7 Å². The Kier molecular flexibility index (Phi) is 8.89. The first kappa shape index (κ1) is 30.9. The molecule has 6 nitrogen and oxygen atoms in total. The maximum atomic E-state index is 12.4. The minimum atomic E-state index is -4.63. The quantitative estimate of drug-likeness (QED) is 0.174. The van der Waals surface area contributed by atoms with Crippen LogP contribution >= 0.6 is 7.92 Å². The molecule has 0 bridgehead atoms. The van der Waals surface area contributed by atoms with Crippen LogP contribution in [0.2, 0.25) is 0 Å². The van der Waals surface area contributed by atoms with E-state index in [1.165, 1.54) is 88.0 Å². The molecule has 3 aliphatic carbocycles. The van der Waals surface area contributed by atoms with Crippen LogP contribution in [-0.2, 0) is 31.8 Å². The van der Waals surface area contributed by atoms with Gasteiger partial charge in [-0.05, 0) is 108 Å². The van der Waals surface area contributed by atoms with Crippen molar-refractivity contribution in [2.45, 2.75) is 110 Å². The molecule has 0 aliphatic heterocycles. The Labute approximate surface area is 257 Å². The van der Waals surface area contributed by atoms with Gasteiger partial charge in [-0.3, -0.25) is 0 Å². The van der Waals surface area contributed by atoms with Gasteiger partial charge in [0, 0.05) is 5.16 Å². The summed E-state index contributed by atoms with van der Waals surface area (Å²) in [5, 5.41) is -0.371. The van der Waals surface area contributed by atoms with Gasteiger partial charge in [-0.1, -0.05) is 88.9 Å². The lowest BCUT2D eigenvalue weighted by Crippen LogP contribution is -2.35. The second kappa shape index (κ2) is 12.4. The van der Waals surface area contributed by atoms with Crippen LogP contribution in [-0.4, -0.2) is 37.3 Å². The van der Waals surface area contributed by atoms with Gasteiger partial charge in [-0.15, -0.1) is 0 Å². The van der Waals surface area contributed by atoms with Crippen molar-refractivity contribution in [1.82, 2.24) is 0 Å². The monoisotopic (exact) mass is 638 g/mol. The van der Waals surface area contributed by atoms with Gasteiger partial charge in [0.2, 0.25) is 0 Å². The fourth-order valence-electron chi connectivity index (χ4n) is 8.17. The molecule has 0 heterocycles. The highest BCUT2D eigenvalue weighted by atomic mass is 32.2. The lowest BCUT2D eigenvalue weighted by molar-refractivity contribution is 0.460. The number of hydrogen-bond donors (Lipinski definition) is 0. The highest BCUT2D eigenvalue weighted by Gasteiger charge is 2.53. The van der Waals surface area contributed by atoms with E-state index in [1.807, 2.05) is 12.1 Å². The summed E-state index contributed by atoms with van der Waals surface area (Å²) in [5.41, 5.74) is 6.62. The third-order valence-electron chi connectivity index (χ3n) is 9.98. The molecule has 43 heavy (non-hydrogen) atoms. The second-order valence-corrected chi connectivity index (χ2v) is 18.3. The summed E-state index contributed by atoms with van der Waals surface area (Å²) in [5.74, 6) is 0. The molecule has 3 aromatic carbocycles. The summed E-state index contributed by atoms with van der Waals surface area (Å²) >= 11 is 0. The first-order valence-electron chi connectivity index (χ1n) is 15.6. The normalized spacial score (nSPS) is 21.6. The largest absolute Gasteiger partial charge is 0.744 e. The van der Waals surface area contributed by atoms with Crippen LogP contribution in [0.15, 0.2) is 76.5 Å². The van der Waals surface area contributed by atoms with Crippen molar-refractivity contribution in [2.24, 2.45) is 0 Å². The molecule has 0 spiro atoms. The zero-order valence-corrected chi connectivity index (χ0v) is 26.9. The van der Waals surface area contributed by atoms with Gasteiger partial charge < -0.3 is 9.11 Å². The van der Waals surface area contributed by atoms with Crippen LogP contribution in [0.4, 0.5) is 0 Å². The molecule has 0 aromatic heterocycles. The fourth-order valence-corrected chi connectivity index (χ4v) is 14.2. The highest BCUT2D eigenvalue weighted by molar-refractivity contribution is 7.86. The number of fused-ring (bicyclic) bond motifs is 3. The summed E-state index contributed by atoms with van der Waals surface area (Å²) in [6, 6.07) is 19.8. The van der Waals surface area contributed by atoms with Crippen LogP contribution in [0.3, 0.4) is 0 Å². The predicted octanol–water partition coefficient (Wildman–Crippen LogP) is 7.89. The molecule has 1 atom stereocenters. The molecule has 0 amide bonds.